The molecule has 4 heteroatoms. The van der Waals surface area contributed by atoms with Crippen molar-refractivity contribution in [2.45, 2.75) is 71.1 Å². The van der Waals surface area contributed by atoms with E-state index >= 15 is 0 Å². The molecule has 24 heavy (non-hydrogen) atoms. The predicted molar refractivity (Wildman–Crippen MR) is 97.4 cm³/mol. The summed E-state index contributed by atoms with van der Waals surface area (Å²) in [7, 11) is 3.00. The first kappa shape index (κ1) is 20.3. The number of carbonyl (C=O) groups excluding carboxylic acids is 1. The minimum atomic E-state index is -0.0767. The largest absolute Gasteiger partial charge is 0.507 e. The fourth-order valence-corrected chi connectivity index (χ4v) is 2.86. The smallest absolute Gasteiger partial charge is 0.170 e. The van der Waals surface area contributed by atoms with Crippen molar-refractivity contribution in [3.63, 3.8) is 0 Å². The molecule has 0 aliphatic heterocycles. The van der Waals surface area contributed by atoms with E-state index in [1.54, 1.807) is 6.07 Å². The Balaban J connectivity index is 2.35. The summed E-state index contributed by atoms with van der Waals surface area (Å²) in [4.78, 5) is 12.4. The van der Waals surface area contributed by atoms with Crippen molar-refractivity contribution >= 4 is 5.78 Å². The number of carbonyl (C=O) groups is 1. The Labute approximate surface area is 146 Å². The van der Waals surface area contributed by atoms with Crippen LogP contribution in [0.15, 0.2) is 12.1 Å². The van der Waals surface area contributed by atoms with Crippen LogP contribution in [0.5, 0.6) is 17.2 Å². The standard InChI is InChI=1S/C20H32O4/c1-4-5-6-7-8-9-10-11-12-13-17(21)20-18(22)14-16(23-2)15-19(20)24-3/h14-15,22H,4-13H2,1-3H3. The van der Waals surface area contributed by atoms with Crippen molar-refractivity contribution in [1.29, 1.82) is 0 Å². The summed E-state index contributed by atoms with van der Waals surface area (Å²) in [6, 6.07) is 3.08. The Morgan fingerprint density at radius 3 is 2.04 bits per heavy atom. The van der Waals surface area contributed by atoms with E-state index < -0.39 is 0 Å². The maximum absolute atomic E-state index is 12.4. The molecule has 0 amide bonds. The van der Waals surface area contributed by atoms with Gasteiger partial charge >= 0.3 is 0 Å². The molecule has 0 spiro atoms. The molecule has 0 aromatic heterocycles. The third-order valence-electron chi connectivity index (χ3n) is 4.30. The van der Waals surface area contributed by atoms with Crippen LogP contribution in [0.4, 0.5) is 0 Å². The van der Waals surface area contributed by atoms with E-state index in [1.165, 1.54) is 65.2 Å². The van der Waals surface area contributed by atoms with Crippen molar-refractivity contribution in [2.75, 3.05) is 14.2 Å². The van der Waals surface area contributed by atoms with Crippen LogP contribution in [0.25, 0.3) is 0 Å². The number of ether oxygens (including phenoxy) is 2. The summed E-state index contributed by atoms with van der Waals surface area (Å²) < 4.78 is 10.3. The molecular weight excluding hydrogens is 304 g/mol. The lowest BCUT2D eigenvalue weighted by atomic mass is 10.0. The molecule has 0 saturated carbocycles. The van der Waals surface area contributed by atoms with Crippen LogP contribution in [0.3, 0.4) is 0 Å². The molecule has 1 rings (SSSR count). The topological polar surface area (TPSA) is 55.8 Å². The van der Waals surface area contributed by atoms with Gasteiger partial charge < -0.3 is 14.6 Å². The number of rotatable bonds is 13. The van der Waals surface area contributed by atoms with Crippen LogP contribution in [-0.2, 0) is 0 Å². The zero-order chi connectivity index (χ0) is 17.8. The van der Waals surface area contributed by atoms with E-state index in [4.69, 9.17) is 9.47 Å². The number of aromatic hydroxyl groups is 1. The van der Waals surface area contributed by atoms with Crippen LogP contribution in [0, 0.1) is 0 Å². The zero-order valence-electron chi connectivity index (χ0n) is 15.4. The van der Waals surface area contributed by atoms with Gasteiger partial charge in [-0.1, -0.05) is 58.3 Å². The molecule has 0 radical (unpaired) electrons. The lowest BCUT2D eigenvalue weighted by molar-refractivity contribution is 0.0973. The average molecular weight is 336 g/mol. The van der Waals surface area contributed by atoms with Gasteiger partial charge in [0.15, 0.2) is 5.78 Å². The number of phenolic OH excluding ortho intramolecular Hbond substituents is 1. The first-order valence-corrected chi connectivity index (χ1v) is 9.12. The van der Waals surface area contributed by atoms with Gasteiger partial charge in [0, 0.05) is 18.6 Å². The number of ketones is 1. The van der Waals surface area contributed by atoms with Gasteiger partial charge in [-0.3, -0.25) is 4.79 Å². The molecule has 0 unspecified atom stereocenters. The summed E-state index contributed by atoms with van der Waals surface area (Å²) in [6.07, 6.45) is 11.3. The number of hydrogen-bond acceptors (Lipinski definition) is 4. The second-order valence-corrected chi connectivity index (χ2v) is 6.23. The van der Waals surface area contributed by atoms with Crippen molar-refractivity contribution in [3.8, 4) is 17.2 Å². The minimum Gasteiger partial charge on any atom is -0.507 e. The van der Waals surface area contributed by atoms with Crippen molar-refractivity contribution in [1.82, 2.24) is 0 Å². The number of phenols is 1. The van der Waals surface area contributed by atoms with E-state index in [-0.39, 0.29) is 17.1 Å². The molecule has 0 atom stereocenters. The van der Waals surface area contributed by atoms with E-state index in [1.807, 2.05) is 0 Å². The van der Waals surface area contributed by atoms with Gasteiger partial charge in [0.25, 0.3) is 0 Å². The highest BCUT2D eigenvalue weighted by atomic mass is 16.5. The first-order chi connectivity index (χ1) is 11.6. The Kier molecular flexibility index (Phi) is 9.97. The lowest BCUT2D eigenvalue weighted by Gasteiger charge is -2.11. The van der Waals surface area contributed by atoms with E-state index in [9.17, 15) is 9.90 Å². The Morgan fingerprint density at radius 1 is 0.917 bits per heavy atom. The molecule has 0 bridgehead atoms. The average Bonchev–Trinajstić information content (AvgIpc) is 2.59. The van der Waals surface area contributed by atoms with E-state index in [0.717, 1.165) is 12.8 Å². The number of unbranched alkanes of at least 4 members (excludes halogenated alkanes) is 8. The SMILES string of the molecule is CCCCCCCCCCCC(=O)c1c(O)cc(OC)cc1OC. The fourth-order valence-electron chi connectivity index (χ4n) is 2.86. The molecule has 4 nitrogen and oxygen atoms in total. The van der Waals surface area contributed by atoms with Gasteiger partial charge in [-0.15, -0.1) is 0 Å². The fraction of sp³-hybridized carbons (Fsp3) is 0.650. The second kappa shape index (κ2) is 11.8. The number of methoxy groups -OCH3 is 2. The molecule has 0 fully saturated rings. The summed E-state index contributed by atoms with van der Waals surface area (Å²) in [5.74, 6) is 0.693. The maximum Gasteiger partial charge on any atom is 0.170 e. The molecule has 1 aromatic rings. The molecule has 136 valence electrons. The Morgan fingerprint density at radius 2 is 1.50 bits per heavy atom. The third kappa shape index (κ3) is 6.81. The van der Waals surface area contributed by atoms with Crippen LogP contribution in [0.1, 0.15) is 81.5 Å². The van der Waals surface area contributed by atoms with Gasteiger partial charge in [0.1, 0.15) is 22.8 Å². The monoisotopic (exact) mass is 336 g/mol. The molecular formula is C20H32O4. The van der Waals surface area contributed by atoms with Crippen LogP contribution < -0.4 is 9.47 Å². The molecule has 1 aromatic carbocycles. The highest BCUT2D eigenvalue weighted by molar-refractivity contribution is 6.01. The summed E-state index contributed by atoms with van der Waals surface area (Å²) in [6.45, 7) is 2.23. The van der Waals surface area contributed by atoms with Gasteiger partial charge in [-0.05, 0) is 6.42 Å². The minimum absolute atomic E-state index is 0.0741. The number of benzene rings is 1. The zero-order valence-corrected chi connectivity index (χ0v) is 15.4. The van der Waals surface area contributed by atoms with Crippen LogP contribution in [-0.4, -0.2) is 25.1 Å². The van der Waals surface area contributed by atoms with Gasteiger partial charge in [0.05, 0.1) is 14.2 Å². The van der Waals surface area contributed by atoms with Crippen LogP contribution in [0.2, 0.25) is 0 Å². The highest BCUT2D eigenvalue weighted by Gasteiger charge is 2.18. The van der Waals surface area contributed by atoms with Crippen molar-refractivity contribution in [2.24, 2.45) is 0 Å². The van der Waals surface area contributed by atoms with Gasteiger partial charge in [-0.25, -0.2) is 0 Å². The van der Waals surface area contributed by atoms with Gasteiger partial charge in [0.2, 0.25) is 0 Å². The molecule has 0 heterocycles. The lowest BCUT2D eigenvalue weighted by Crippen LogP contribution is -2.03. The Hall–Kier alpha value is -1.71. The number of hydrogen-bond donors (Lipinski definition) is 1. The van der Waals surface area contributed by atoms with Gasteiger partial charge in [-0.2, -0.15) is 0 Å². The summed E-state index contributed by atoms with van der Waals surface area (Å²) >= 11 is 0. The summed E-state index contributed by atoms with van der Waals surface area (Å²) in [5.41, 5.74) is 0.262. The maximum atomic E-state index is 12.4. The van der Waals surface area contributed by atoms with Crippen molar-refractivity contribution in [3.05, 3.63) is 17.7 Å². The molecule has 0 aliphatic rings. The molecule has 1 N–H and O–H groups in total. The molecule has 0 aliphatic carbocycles. The quantitative estimate of drug-likeness (QED) is 0.381. The second-order valence-electron chi connectivity index (χ2n) is 6.23. The van der Waals surface area contributed by atoms with E-state index in [0.29, 0.717) is 17.9 Å². The Bertz CT molecular complexity index is 497. The normalized spacial score (nSPS) is 10.6. The third-order valence-corrected chi connectivity index (χ3v) is 4.30. The molecule has 0 saturated heterocycles. The predicted octanol–water partition coefficient (Wildman–Crippen LogP) is 5.51. The highest BCUT2D eigenvalue weighted by Crippen LogP contribution is 2.34. The number of Topliss-reactive ketones (excluding diaryl/α,β-unsaturated/α-hetero) is 1. The first-order valence-electron chi connectivity index (χ1n) is 9.12. The summed E-state index contributed by atoms with van der Waals surface area (Å²) in [5, 5.41) is 10.1. The van der Waals surface area contributed by atoms with Crippen molar-refractivity contribution < 1.29 is 19.4 Å². The van der Waals surface area contributed by atoms with E-state index in [2.05, 4.69) is 6.92 Å². The van der Waals surface area contributed by atoms with Crippen LogP contribution >= 0.6 is 0 Å².